The summed E-state index contributed by atoms with van der Waals surface area (Å²) in [5.74, 6) is -0.758. The highest BCUT2D eigenvalue weighted by molar-refractivity contribution is 5.99. The van der Waals surface area contributed by atoms with Gasteiger partial charge in [0.2, 0.25) is 0 Å². The number of rotatable bonds is 5. The molecule has 1 aliphatic carbocycles. The molecule has 4 atom stereocenters. The Kier molecular flexibility index (Phi) is 5.93. The van der Waals surface area contributed by atoms with Crippen LogP contribution in [0, 0.1) is 19.8 Å². The average molecular weight is 447 g/mol. The van der Waals surface area contributed by atoms with E-state index in [2.05, 4.69) is 62.4 Å². The molecular weight excluding hydrogens is 416 g/mol. The summed E-state index contributed by atoms with van der Waals surface area (Å²) in [5, 5.41) is 12.4. The van der Waals surface area contributed by atoms with Gasteiger partial charge in [0.25, 0.3) is 0 Å². The molecule has 170 valence electrons. The molecule has 0 amide bonds. The van der Waals surface area contributed by atoms with Crippen molar-refractivity contribution in [2.45, 2.75) is 37.7 Å². The lowest BCUT2D eigenvalue weighted by atomic mass is 9.73. The molecule has 5 rings (SSSR count). The fourth-order valence-electron chi connectivity index (χ4n) is 5.66. The first-order chi connectivity index (χ1) is 16.5. The van der Waals surface area contributed by atoms with E-state index < -0.39 is 11.5 Å². The predicted octanol–water partition coefficient (Wildman–Crippen LogP) is 6.96. The molecule has 2 nitrogen and oxygen atoms in total. The van der Waals surface area contributed by atoms with Gasteiger partial charge in [0.05, 0.1) is 5.92 Å². The van der Waals surface area contributed by atoms with Gasteiger partial charge in [0.15, 0.2) is 5.78 Å². The molecular formula is C32H30O2. The second kappa shape index (κ2) is 9.04. The summed E-state index contributed by atoms with van der Waals surface area (Å²) in [6, 6.07) is 36.2. The zero-order valence-corrected chi connectivity index (χ0v) is 19.7. The monoisotopic (exact) mass is 446 g/mol. The van der Waals surface area contributed by atoms with Gasteiger partial charge >= 0.3 is 0 Å². The van der Waals surface area contributed by atoms with E-state index in [1.54, 1.807) is 0 Å². The van der Waals surface area contributed by atoms with Crippen LogP contribution in [0.5, 0.6) is 0 Å². The van der Waals surface area contributed by atoms with Gasteiger partial charge < -0.3 is 5.11 Å². The van der Waals surface area contributed by atoms with Crippen molar-refractivity contribution in [3.8, 4) is 0 Å². The molecule has 0 unspecified atom stereocenters. The van der Waals surface area contributed by atoms with Crippen LogP contribution < -0.4 is 0 Å². The highest BCUT2D eigenvalue weighted by atomic mass is 16.3. The van der Waals surface area contributed by atoms with E-state index in [1.807, 2.05) is 60.7 Å². The predicted molar refractivity (Wildman–Crippen MR) is 137 cm³/mol. The fraction of sp³-hybridized carbons (Fsp3) is 0.219. The second-order valence-corrected chi connectivity index (χ2v) is 9.66. The Morgan fingerprint density at radius 1 is 0.706 bits per heavy atom. The molecule has 0 radical (unpaired) electrons. The molecule has 0 aliphatic heterocycles. The van der Waals surface area contributed by atoms with Gasteiger partial charge in [-0.1, -0.05) is 120 Å². The maximum absolute atomic E-state index is 14.2. The number of aliphatic hydroxyl groups is 1. The molecule has 1 saturated carbocycles. The van der Waals surface area contributed by atoms with Crippen LogP contribution >= 0.6 is 0 Å². The van der Waals surface area contributed by atoms with Crippen molar-refractivity contribution >= 4 is 5.78 Å². The first kappa shape index (κ1) is 22.3. The van der Waals surface area contributed by atoms with Crippen molar-refractivity contribution in [1.29, 1.82) is 0 Å². The molecule has 2 heteroatoms. The van der Waals surface area contributed by atoms with Gasteiger partial charge in [0, 0.05) is 11.5 Å². The molecule has 0 bridgehead atoms. The Morgan fingerprint density at radius 2 is 1.21 bits per heavy atom. The van der Waals surface area contributed by atoms with Crippen LogP contribution in [-0.4, -0.2) is 10.9 Å². The maximum atomic E-state index is 14.2. The van der Waals surface area contributed by atoms with E-state index in [-0.39, 0.29) is 17.6 Å². The highest BCUT2D eigenvalue weighted by Crippen LogP contribution is 2.59. The molecule has 0 spiro atoms. The minimum atomic E-state index is -1.28. The number of carbonyl (C=O) groups is 1. The van der Waals surface area contributed by atoms with E-state index in [0.717, 1.165) is 16.7 Å². The van der Waals surface area contributed by atoms with Crippen molar-refractivity contribution in [3.05, 3.63) is 143 Å². The standard InChI is InChI=1S/C32H30O2/c1-22-13-17-24(18-14-22)28-21-32(34,27-11-7-4-8-12-27)30(31(33)26-9-5-3-6-10-26)29(28)25-19-15-23(2)16-20-25/h3-20,28-30,34H,21H2,1-2H3/t28-,29-,30-,32+/m0/s1. The van der Waals surface area contributed by atoms with E-state index in [0.29, 0.717) is 12.0 Å². The third-order valence-electron chi connectivity index (χ3n) is 7.42. The molecule has 4 aromatic carbocycles. The number of aryl methyl sites for hydroxylation is 2. The van der Waals surface area contributed by atoms with Crippen LogP contribution in [-0.2, 0) is 5.60 Å². The number of benzene rings is 4. The largest absolute Gasteiger partial charge is 0.384 e. The fourth-order valence-corrected chi connectivity index (χ4v) is 5.66. The lowest BCUT2D eigenvalue weighted by Gasteiger charge is -2.33. The summed E-state index contributed by atoms with van der Waals surface area (Å²) < 4.78 is 0. The summed E-state index contributed by atoms with van der Waals surface area (Å²) in [5.41, 5.74) is 4.80. The van der Waals surface area contributed by atoms with Crippen LogP contribution in [0.2, 0.25) is 0 Å². The average Bonchev–Trinajstić information content (AvgIpc) is 3.20. The summed E-state index contributed by atoms with van der Waals surface area (Å²) in [6.45, 7) is 4.15. The van der Waals surface area contributed by atoms with Crippen molar-refractivity contribution in [1.82, 2.24) is 0 Å². The third kappa shape index (κ3) is 3.99. The van der Waals surface area contributed by atoms with Crippen molar-refractivity contribution in [2.24, 2.45) is 5.92 Å². The first-order valence-corrected chi connectivity index (χ1v) is 12.0. The third-order valence-corrected chi connectivity index (χ3v) is 7.42. The topological polar surface area (TPSA) is 37.3 Å². The van der Waals surface area contributed by atoms with Crippen LogP contribution in [0.4, 0.5) is 0 Å². The van der Waals surface area contributed by atoms with Crippen LogP contribution in [0.3, 0.4) is 0 Å². The summed E-state index contributed by atoms with van der Waals surface area (Å²) in [7, 11) is 0. The number of Topliss-reactive ketones (excluding diaryl/α,β-unsaturated/α-hetero) is 1. The molecule has 1 fully saturated rings. The number of hydrogen-bond donors (Lipinski definition) is 1. The van der Waals surface area contributed by atoms with Gasteiger partial charge in [-0.3, -0.25) is 4.79 Å². The highest BCUT2D eigenvalue weighted by Gasteiger charge is 2.57. The molecule has 0 aromatic heterocycles. The Bertz CT molecular complexity index is 1260. The Hall–Kier alpha value is -3.49. The number of hydrogen-bond acceptors (Lipinski definition) is 2. The zero-order chi connectivity index (χ0) is 23.7. The Morgan fingerprint density at radius 3 is 1.76 bits per heavy atom. The maximum Gasteiger partial charge on any atom is 0.169 e. The molecule has 0 saturated heterocycles. The quantitative estimate of drug-likeness (QED) is 0.336. The smallest absolute Gasteiger partial charge is 0.169 e. The van der Waals surface area contributed by atoms with Gasteiger partial charge in [-0.15, -0.1) is 0 Å². The SMILES string of the molecule is Cc1ccc([C@@H]2[C@@H](C(=O)c3ccccc3)[C@](O)(c3ccccc3)C[C@H]2c2ccc(C)cc2)cc1. The molecule has 4 aromatic rings. The Labute approximate surface area is 201 Å². The lowest BCUT2D eigenvalue weighted by molar-refractivity contribution is -0.000254. The van der Waals surface area contributed by atoms with E-state index >= 15 is 0 Å². The second-order valence-electron chi connectivity index (χ2n) is 9.66. The van der Waals surface area contributed by atoms with E-state index in [4.69, 9.17) is 0 Å². The zero-order valence-electron chi connectivity index (χ0n) is 19.7. The minimum absolute atomic E-state index is 0.00572. The van der Waals surface area contributed by atoms with Gasteiger partial charge in [-0.05, 0) is 42.9 Å². The van der Waals surface area contributed by atoms with Gasteiger partial charge in [-0.25, -0.2) is 0 Å². The van der Waals surface area contributed by atoms with Crippen molar-refractivity contribution in [3.63, 3.8) is 0 Å². The van der Waals surface area contributed by atoms with Gasteiger partial charge in [-0.2, -0.15) is 0 Å². The first-order valence-electron chi connectivity index (χ1n) is 12.0. The minimum Gasteiger partial charge on any atom is -0.384 e. The molecule has 34 heavy (non-hydrogen) atoms. The molecule has 1 N–H and O–H groups in total. The molecule has 0 heterocycles. The van der Waals surface area contributed by atoms with Crippen LogP contribution in [0.1, 0.15) is 56.4 Å². The van der Waals surface area contributed by atoms with Crippen LogP contribution in [0.25, 0.3) is 0 Å². The summed E-state index contributed by atoms with van der Waals surface area (Å²) in [6.07, 6.45) is 0.488. The Balaban J connectivity index is 1.72. The summed E-state index contributed by atoms with van der Waals surface area (Å²) >= 11 is 0. The van der Waals surface area contributed by atoms with E-state index in [9.17, 15) is 9.90 Å². The summed E-state index contributed by atoms with van der Waals surface area (Å²) in [4.78, 5) is 14.2. The van der Waals surface area contributed by atoms with Crippen molar-refractivity contribution in [2.75, 3.05) is 0 Å². The van der Waals surface area contributed by atoms with Gasteiger partial charge in [0.1, 0.15) is 5.60 Å². The lowest BCUT2D eigenvalue weighted by Crippen LogP contribution is -2.38. The van der Waals surface area contributed by atoms with E-state index in [1.165, 1.54) is 11.1 Å². The normalized spacial score (nSPS) is 24.1. The molecule has 1 aliphatic rings. The van der Waals surface area contributed by atoms with Crippen molar-refractivity contribution < 1.29 is 9.90 Å². The van der Waals surface area contributed by atoms with Crippen LogP contribution in [0.15, 0.2) is 109 Å². The number of ketones is 1. The number of carbonyl (C=O) groups excluding carboxylic acids is 1.